The van der Waals surface area contributed by atoms with Crippen molar-refractivity contribution in [1.82, 2.24) is 14.7 Å². The van der Waals surface area contributed by atoms with Crippen molar-refractivity contribution in [3.8, 4) is 5.75 Å². The zero-order chi connectivity index (χ0) is 22.1. The molecular weight excluding hydrogens is 382 g/mol. The van der Waals surface area contributed by atoms with Crippen molar-refractivity contribution in [3.05, 3.63) is 29.3 Å². The average molecular weight is 416 g/mol. The van der Waals surface area contributed by atoms with E-state index in [1.807, 2.05) is 52.8 Å². The molecule has 0 aliphatic carbocycles. The predicted octanol–water partition coefficient (Wildman–Crippen LogP) is 2.00. The van der Waals surface area contributed by atoms with Gasteiger partial charge in [-0.1, -0.05) is 6.07 Å². The molecule has 0 saturated carbocycles. The molecule has 0 radical (unpaired) electrons. The van der Waals surface area contributed by atoms with Crippen LogP contribution in [0, 0.1) is 19.8 Å². The van der Waals surface area contributed by atoms with Gasteiger partial charge in [0.1, 0.15) is 5.75 Å². The van der Waals surface area contributed by atoms with Crippen LogP contribution in [0.2, 0.25) is 0 Å². The number of nitrogens with zero attached hydrogens (tertiary/aromatic N) is 3. The number of benzene rings is 1. The minimum absolute atomic E-state index is 0.00584. The van der Waals surface area contributed by atoms with Gasteiger partial charge in [-0.2, -0.15) is 0 Å². The molecule has 3 rings (SSSR count). The Labute approximate surface area is 179 Å². The molecule has 1 aromatic carbocycles. The molecule has 2 saturated heterocycles. The molecule has 3 amide bonds. The first-order valence-corrected chi connectivity index (χ1v) is 10.6. The number of amides is 3. The van der Waals surface area contributed by atoms with E-state index in [4.69, 9.17) is 4.74 Å². The first-order valence-electron chi connectivity index (χ1n) is 10.6. The van der Waals surface area contributed by atoms with Gasteiger partial charge in [-0.3, -0.25) is 14.4 Å². The number of carbonyl (C=O) groups is 3. The van der Waals surface area contributed by atoms with Crippen LogP contribution in [0.4, 0.5) is 0 Å². The highest BCUT2D eigenvalue weighted by atomic mass is 16.5. The second-order valence-electron chi connectivity index (χ2n) is 9.32. The standard InChI is InChI=1S/C23H33N3O4/c1-16-6-7-19(12-17(16)2)30-15-21(28)24-8-10-25(11-9-24)22(29)18-13-20(27)26(14-18)23(3,4)5/h6-7,12,18H,8-11,13-15H2,1-5H3. The molecule has 30 heavy (non-hydrogen) atoms. The monoisotopic (exact) mass is 415 g/mol. The minimum atomic E-state index is -0.285. The largest absolute Gasteiger partial charge is 0.484 e. The summed E-state index contributed by atoms with van der Waals surface area (Å²) in [6, 6.07) is 5.78. The van der Waals surface area contributed by atoms with Crippen LogP contribution in [0.1, 0.15) is 38.3 Å². The first kappa shape index (κ1) is 22.1. The van der Waals surface area contributed by atoms with E-state index in [1.165, 1.54) is 5.56 Å². The van der Waals surface area contributed by atoms with Crippen molar-refractivity contribution in [2.75, 3.05) is 39.3 Å². The van der Waals surface area contributed by atoms with Gasteiger partial charge >= 0.3 is 0 Å². The van der Waals surface area contributed by atoms with Gasteiger partial charge in [-0.25, -0.2) is 0 Å². The lowest BCUT2D eigenvalue weighted by Gasteiger charge is -2.36. The normalized spacial score (nSPS) is 20.0. The minimum Gasteiger partial charge on any atom is -0.484 e. The number of aryl methyl sites for hydroxylation is 2. The number of piperazine rings is 1. The summed E-state index contributed by atoms with van der Waals surface area (Å²) in [5, 5.41) is 0. The summed E-state index contributed by atoms with van der Waals surface area (Å²) in [6.07, 6.45) is 0.277. The van der Waals surface area contributed by atoms with Crippen LogP contribution in [-0.4, -0.2) is 77.3 Å². The summed E-state index contributed by atoms with van der Waals surface area (Å²) in [6.45, 7) is 12.5. The van der Waals surface area contributed by atoms with Crippen molar-refractivity contribution >= 4 is 17.7 Å². The third-order valence-electron chi connectivity index (χ3n) is 6.07. The summed E-state index contributed by atoms with van der Waals surface area (Å²) in [5.41, 5.74) is 2.04. The maximum Gasteiger partial charge on any atom is 0.260 e. The Morgan fingerprint density at radius 1 is 1.03 bits per heavy atom. The number of hydrogen-bond acceptors (Lipinski definition) is 4. The highest BCUT2D eigenvalue weighted by Gasteiger charge is 2.41. The van der Waals surface area contributed by atoms with Gasteiger partial charge < -0.3 is 19.4 Å². The van der Waals surface area contributed by atoms with Gasteiger partial charge in [-0.05, 0) is 57.9 Å². The van der Waals surface area contributed by atoms with Gasteiger partial charge in [0, 0.05) is 44.7 Å². The van der Waals surface area contributed by atoms with Crippen LogP contribution in [0.25, 0.3) is 0 Å². The van der Waals surface area contributed by atoms with Gasteiger partial charge in [0.25, 0.3) is 5.91 Å². The fourth-order valence-electron chi connectivity index (χ4n) is 4.00. The lowest BCUT2D eigenvalue weighted by atomic mass is 10.1. The van der Waals surface area contributed by atoms with Crippen molar-refractivity contribution in [3.63, 3.8) is 0 Å². The van der Waals surface area contributed by atoms with E-state index in [9.17, 15) is 14.4 Å². The van der Waals surface area contributed by atoms with Crippen molar-refractivity contribution in [1.29, 1.82) is 0 Å². The van der Waals surface area contributed by atoms with Gasteiger partial charge in [0.15, 0.2) is 6.61 Å². The van der Waals surface area contributed by atoms with Crippen molar-refractivity contribution < 1.29 is 19.1 Å². The van der Waals surface area contributed by atoms with Crippen LogP contribution in [-0.2, 0) is 14.4 Å². The van der Waals surface area contributed by atoms with Crippen molar-refractivity contribution in [2.24, 2.45) is 5.92 Å². The molecule has 0 N–H and O–H groups in total. The molecule has 2 aliphatic heterocycles. The maximum atomic E-state index is 12.9. The summed E-state index contributed by atoms with van der Waals surface area (Å²) < 4.78 is 5.65. The molecule has 7 nitrogen and oxygen atoms in total. The number of hydrogen-bond donors (Lipinski definition) is 0. The molecule has 0 spiro atoms. The second-order valence-corrected chi connectivity index (χ2v) is 9.32. The molecule has 0 bridgehead atoms. The lowest BCUT2D eigenvalue weighted by Crippen LogP contribution is -2.53. The van der Waals surface area contributed by atoms with Crippen molar-refractivity contribution in [2.45, 2.75) is 46.6 Å². The fourth-order valence-corrected chi connectivity index (χ4v) is 4.00. The van der Waals surface area contributed by atoms with Gasteiger partial charge in [0.2, 0.25) is 11.8 Å². The maximum absolute atomic E-state index is 12.9. The molecule has 1 atom stereocenters. The van der Waals surface area contributed by atoms with Crippen LogP contribution < -0.4 is 4.74 Å². The number of likely N-dealkylation sites (tertiary alicyclic amines) is 1. The number of carbonyl (C=O) groups excluding carboxylic acids is 3. The van der Waals surface area contributed by atoms with Crippen LogP contribution >= 0.6 is 0 Å². The molecular formula is C23H33N3O4. The van der Waals surface area contributed by atoms with Gasteiger partial charge in [-0.15, -0.1) is 0 Å². The Balaban J connectivity index is 1.47. The summed E-state index contributed by atoms with van der Waals surface area (Å²) in [7, 11) is 0. The smallest absolute Gasteiger partial charge is 0.260 e. The van der Waals surface area contributed by atoms with E-state index in [-0.39, 0.29) is 42.2 Å². The third kappa shape index (κ3) is 4.94. The SMILES string of the molecule is Cc1ccc(OCC(=O)N2CCN(C(=O)C3CC(=O)N(C(C)(C)C)C3)CC2)cc1C. The highest BCUT2D eigenvalue weighted by Crippen LogP contribution is 2.27. The third-order valence-corrected chi connectivity index (χ3v) is 6.07. The summed E-state index contributed by atoms with van der Waals surface area (Å²) in [5.74, 6) is 0.392. The second kappa shape index (κ2) is 8.66. The summed E-state index contributed by atoms with van der Waals surface area (Å²) in [4.78, 5) is 43.0. The molecule has 1 unspecified atom stereocenters. The Bertz CT molecular complexity index is 822. The molecule has 2 aliphatic rings. The first-order chi connectivity index (χ1) is 14.1. The molecule has 2 heterocycles. The lowest BCUT2D eigenvalue weighted by molar-refractivity contribution is -0.142. The zero-order valence-electron chi connectivity index (χ0n) is 18.7. The Morgan fingerprint density at radius 2 is 1.67 bits per heavy atom. The highest BCUT2D eigenvalue weighted by molar-refractivity contribution is 5.89. The van der Waals surface area contributed by atoms with Gasteiger partial charge in [0.05, 0.1) is 5.92 Å². The van der Waals surface area contributed by atoms with E-state index in [1.54, 1.807) is 14.7 Å². The Morgan fingerprint density at radius 3 is 2.23 bits per heavy atom. The molecule has 0 aromatic heterocycles. The van der Waals surface area contributed by atoms with E-state index >= 15 is 0 Å². The quantitative estimate of drug-likeness (QED) is 0.754. The average Bonchev–Trinajstić information content (AvgIpc) is 3.10. The molecule has 164 valence electrons. The number of ether oxygens (including phenoxy) is 1. The molecule has 7 heteroatoms. The fraction of sp³-hybridized carbons (Fsp3) is 0.609. The predicted molar refractivity (Wildman–Crippen MR) is 114 cm³/mol. The van der Waals surface area contributed by atoms with E-state index in [0.29, 0.717) is 38.5 Å². The number of rotatable bonds is 4. The zero-order valence-corrected chi connectivity index (χ0v) is 18.7. The van der Waals surface area contributed by atoms with Crippen LogP contribution in [0.5, 0.6) is 5.75 Å². The Hall–Kier alpha value is -2.57. The van der Waals surface area contributed by atoms with E-state index in [2.05, 4.69) is 0 Å². The summed E-state index contributed by atoms with van der Waals surface area (Å²) >= 11 is 0. The van der Waals surface area contributed by atoms with Crippen LogP contribution in [0.15, 0.2) is 18.2 Å². The van der Waals surface area contributed by atoms with E-state index in [0.717, 1.165) is 5.56 Å². The Kier molecular flexibility index (Phi) is 6.38. The topological polar surface area (TPSA) is 70.2 Å². The van der Waals surface area contributed by atoms with Crippen LogP contribution in [0.3, 0.4) is 0 Å². The van der Waals surface area contributed by atoms with E-state index < -0.39 is 0 Å². The molecule has 2 fully saturated rings. The molecule has 1 aromatic rings.